The topological polar surface area (TPSA) is 137 Å². The number of aliphatic hydroxyl groups is 1. The number of carbonyl (C=O) groups excluding carboxylic acids is 2. The number of ether oxygens (including phenoxy) is 2. The lowest BCUT2D eigenvalue weighted by Gasteiger charge is -2.23. The van der Waals surface area contributed by atoms with Gasteiger partial charge in [-0.3, -0.25) is 9.59 Å². The number of aromatic nitrogens is 2. The third kappa shape index (κ3) is 7.72. The number of benzene rings is 2. The molecule has 0 saturated carbocycles. The van der Waals surface area contributed by atoms with Crippen molar-refractivity contribution in [2.75, 3.05) is 18.2 Å². The number of halogens is 1. The predicted molar refractivity (Wildman–Crippen MR) is 142 cm³/mol. The van der Waals surface area contributed by atoms with Gasteiger partial charge in [0.2, 0.25) is 11.7 Å². The van der Waals surface area contributed by atoms with Crippen molar-refractivity contribution >= 4 is 29.2 Å². The molecule has 0 amide bonds. The average molecular weight is 525 g/mol. The summed E-state index contributed by atoms with van der Waals surface area (Å²) in [4.78, 5) is 33.4. The molecule has 0 radical (unpaired) electrons. The Morgan fingerprint density at radius 3 is 2.42 bits per heavy atom. The standard InChI is InChI=1S/C28H33FN4O5/c1-16(26(36)38-28(2,3)4)12-20(34)13-17-6-9-19(10-7-17)32-27-31-15-22(25(30)33-27)24(35)21-14-18(29)8-11-23(21)37-5/h6-11,14-16,20,34H,12-13H2,1-5H3,(H3,30,31,32,33). The summed E-state index contributed by atoms with van der Waals surface area (Å²) in [5.74, 6) is -1.60. The van der Waals surface area contributed by atoms with Crippen LogP contribution < -0.4 is 15.8 Å². The fourth-order valence-electron chi connectivity index (χ4n) is 3.75. The summed E-state index contributed by atoms with van der Waals surface area (Å²) < 4.78 is 24.2. The molecule has 0 aliphatic rings. The SMILES string of the molecule is COc1ccc(F)cc1C(=O)c1cnc(Nc2ccc(CC(O)CC(C)C(=O)OC(C)(C)C)cc2)nc1N. The van der Waals surface area contributed by atoms with Crippen LogP contribution in [0, 0.1) is 11.7 Å². The maximum atomic E-state index is 13.7. The maximum absolute atomic E-state index is 13.7. The van der Waals surface area contributed by atoms with E-state index in [1.54, 1.807) is 39.8 Å². The summed E-state index contributed by atoms with van der Waals surface area (Å²) >= 11 is 0. The molecule has 202 valence electrons. The zero-order chi connectivity index (χ0) is 28.0. The highest BCUT2D eigenvalue weighted by molar-refractivity contribution is 6.13. The number of nitrogens with zero attached hydrogens (tertiary/aromatic N) is 2. The number of nitrogens with two attached hydrogens (primary N) is 1. The summed E-state index contributed by atoms with van der Waals surface area (Å²) in [5, 5.41) is 13.5. The van der Waals surface area contributed by atoms with E-state index in [2.05, 4.69) is 15.3 Å². The molecule has 0 spiro atoms. The Labute approximate surface area is 221 Å². The number of carbonyl (C=O) groups is 2. The highest BCUT2D eigenvalue weighted by Crippen LogP contribution is 2.25. The van der Waals surface area contributed by atoms with E-state index in [1.807, 2.05) is 12.1 Å². The van der Waals surface area contributed by atoms with E-state index in [1.165, 1.54) is 25.4 Å². The second-order valence-electron chi connectivity index (χ2n) is 10.0. The van der Waals surface area contributed by atoms with Crippen LogP contribution in [0.3, 0.4) is 0 Å². The van der Waals surface area contributed by atoms with Crippen molar-refractivity contribution in [3.8, 4) is 5.75 Å². The van der Waals surface area contributed by atoms with Gasteiger partial charge in [-0.2, -0.15) is 4.98 Å². The molecule has 3 aromatic rings. The lowest BCUT2D eigenvalue weighted by atomic mass is 9.98. The van der Waals surface area contributed by atoms with Gasteiger partial charge in [0.1, 0.15) is 23.0 Å². The molecule has 1 heterocycles. The number of rotatable bonds is 10. The molecule has 2 unspecified atom stereocenters. The summed E-state index contributed by atoms with van der Waals surface area (Å²) in [7, 11) is 1.38. The monoisotopic (exact) mass is 524 g/mol. The molecular weight excluding hydrogens is 491 g/mol. The Hall–Kier alpha value is -4.05. The normalized spacial score (nSPS) is 12.9. The minimum atomic E-state index is -0.707. The molecule has 0 bridgehead atoms. The van der Waals surface area contributed by atoms with Gasteiger partial charge in [0.15, 0.2) is 0 Å². The highest BCUT2D eigenvalue weighted by atomic mass is 19.1. The van der Waals surface area contributed by atoms with Crippen LogP contribution in [0.1, 0.15) is 55.6 Å². The van der Waals surface area contributed by atoms with Gasteiger partial charge in [0, 0.05) is 11.9 Å². The van der Waals surface area contributed by atoms with Crippen molar-refractivity contribution < 1.29 is 28.6 Å². The van der Waals surface area contributed by atoms with Gasteiger partial charge in [0.25, 0.3) is 0 Å². The molecule has 0 saturated heterocycles. The molecule has 2 atom stereocenters. The largest absolute Gasteiger partial charge is 0.496 e. The quantitative estimate of drug-likeness (QED) is 0.259. The van der Waals surface area contributed by atoms with Crippen molar-refractivity contribution in [2.24, 2.45) is 5.92 Å². The molecule has 0 aliphatic heterocycles. The first-order valence-corrected chi connectivity index (χ1v) is 12.1. The van der Waals surface area contributed by atoms with E-state index in [9.17, 15) is 19.1 Å². The number of aliphatic hydroxyl groups excluding tert-OH is 1. The van der Waals surface area contributed by atoms with E-state index in [4.69, 9.17) is 15.2 Å². The molecule has 4 N–H and O–H groups in total. The highest BCUT2D eigenvalue weighted by Gasteiger charge is 2.24. The number of esters is 1. The number of anilines is 3. The molecule has 0 aliphatic carbocycles. The van der Waals surface area contributed by atoms with Crippen LogP contribution in [0.4, 0.5) is 21.8 Å². The molecular formula is C28H33FN4O5. The van der Waals surface area contributed by atoms with Gasteiger partial charge in [-0.15, -0.1) is 0 Å². The van der Waals surface area contributed by atoms with Gasteiger partial charge in [-0.1, -0.05) is 19.1 Å². The second-order valence-corrected chi connectivity index (χ2v) is 10.0. The summed E-state index contributed by atoms with van der Waals surface area (Å²) in [6, 6.07) is 10.9. The van der Waals surface area contributed by atoms with Crippen molar-refractivity contribution in [2.45, 2.75) is 52.2 Å². The molecule has 0 fully saturated rings. The summed E-state index contributed by atoms with van der Waals surface area (Å²) in [6.45, 7) is 7.16. The van der Waals surface area contributed by atoms with Crippen LogP contribution in [0.5, 0.6) is 5.75 Å². The van der Waals surface area contributed by atoms with Crippen LogP contribution >= 0.6 is 0 Å². The number of nitrogens with one attached hydrogen (secondary N) is 1. The Bertz CT molecular complexity index is 1290. The molecule has 1 aromatic heterocycles. The van der Waals surface area contributed by atoms with Crippen LogP contribution in [0.25, 0.3) is 0 Å². The second kappa shape index (κ2) is 12.0. The molecule has 38 heavy (non-hydrogen) atoms. The number of methoxy groups -OCH3 is 1. The molecule has 10 heteroatoms. The smallest absolute Gasteiger partial charge is 0.309 e. The Morgan fingerprint density at radius 2 is 1.82 bits per heavy atom. The van der Waals surface area contributed by atoms with Gasteiger partial charge >= 0.3 is 5.97 Å². The third-order valence-electron chi connectivity index (χ3n) is 5.59. The van der Waals surface area contributed by atoms with E-state index in [0.717, 1.165) is 11.6 Å². The number of nitrogen functional groups attached to an aromatic ring is 1. The average Bonchev–Trinajstić information content (AvgIpc) is 2.84. The maximum Gasteiger partial charge on any atom is 0.309 e. The fourth-order valence-corrected chi connectivity index (χ4v) is 3.75. The van der Waals surface area contributed by atoms with E-state index in [-0.39, 0.29) is 41.0 Å². The third-order valence-corrected chi connectivity index (χ3v) is 5.59. The van der Waals surface area contributed by atoms with Crippen LogP contribution in [-0.2, 0) is 16.0 Å². The minimum absolute atomic E-state index is 0.0155. The van der Waals surface area contributed by atoms with Crippen molar-refractivity contribution in [1.82, 2.24) is 9.97 Å². The van der Waals surface area contributed by atoms with Gasteiger partial charge in [0.05, 0.1) is 30.3 Å². The first-order valence-electron chi connectivity index (χ1n) is 12.1. The Balaban J connectivity index is 1.62. The number of hydrogen-bond acceptors (Lipinski definition) is 9. The van der Waals surface area contributed by atoms with E-state index in [0.29, 0.717) is 12.1 Å². The first-order chi connectivity index (χ1) is 17.9. The van der Waals surface area contributed by atoms with E-state index < -0.39 is 29.2 Å². The lowest BCUT2D eigenvalue weighted by molar-refractivity contribution is -0.160. The van der Waals surface area contributed by atoms with Crippen LogP contribution in [-0.4, -0.2) is 45.6 Å². The van der Waals surface area contributed by atoms with Gasteiger partial charge < -0.3 is 25.6 Å². The van der Waals surface area contributed by atoms with Gasteiger partial charge in [-0.25, -0.2) is 9.37 Å². The Morgan fingerprint density at radius 1 is 1.13 bits per heavy atom. The van der Waals surface area contributed by atoms with Gasteiger partial charge in [-0.05, 0) is 69.5 Å². The van der Waals surface area contributed by atoms with Crippen molar-refractivity contribution in [3.05, 3.63) is 71.2 Å². The zero-order valence-electron chi connectivity index (χ0n) is 22.1. The first kappa shape index (κ1) is 28.5. The fraction of sp³-hybridized carbons (Fsp3) is 0.357. The molecule has 3 rings (SSSR count). The number of hydrogen-bond donors (Lipinski definition) is 3. The number of ketones is 1. The molecule has 2 aromatic carbocycles. The molecule has 9 nitrogen and oxygen atoms in total. The van der Waals surface area contributed by atoms with E-state index >= 15 is 0 Å². The minimum Gasteiger partial charge on any atom is -0.496 e. The van der Waals surface area contributed by atoms with Crippen molar-refractivity contribution in [1.29, 1.82) is 0 Å². The summed E-state index contributed by atoms with van der Waals surface area (Å²) in [6.07, 6.45) is 1.22. The van der Waals surface area contributed by atoms with Crippen LogP contribution in [0.2, 0.25) is 0 Å². The summed E-state index contributed by atoms with van der Waals surface area (Å²) in [5.41, 5.74) is 7.01. The predicted octanol–water partition coefficient (Wildman–Crippen LogP) is 4.45. The van der Waals surface area contributed by atoms with Crippen LogP contribution in [0.15, 0.2) is 48.7 Å². The van der Waals surface area contributed by atoms with Crippen molar-refractivity contribution in [3.63, 3.8) is 0 Å². The lowest BCUT2D eigenvalue weighted by Crippen LogP contribution is -2.29. The zero-order valence-corrected chi connectivity index (χ0v) is 22.1. The Kier molecular flexibility index (Phi) is 9.00.